The molecule has 2 unspecified atom stereocenters. The highest BCUT2D eigenvalue weighted by Crippen LogP contribution is 2.18. The second-order valence-electron chi connectivity index (χ2n) is 5.30. The molecule has 1 fully saturated rings. The predicted molar refractivity (Wildman–Crippen MR) is 70.9 cm³/mol. The molecule has 3 heteroatoms. The van der Waals surface area contributed by atoms with Gasteiger partial charge in [-0.1, -0.05) is 6.92 Å². The van der Waals surface area contributed by atoms with Crippen molar-refractivity contribution in [2.45, 2.75) is 32.7 Å². The van der Waals surface area contributed by atoms with Crippen LogP contribution >= 0.6 is 0 Å². The molecule has 3 nitrogen and oxygen atoms in total. The van der Waals surface area contributed by atoms with Crippen molar-refractivity contribution in [1.82, 2.24) is 15.1 Å². The van der Waals surface area contributed by atoms with Crippen LogP contribution in [0.2, 0.25) is 0 Å². The first-order valence-electron chi connectivity index (χ1n) is 6.74. The molecule has 96 valence electrons. The third kappa shape index (κ3) is 4.81. The van der Waals surface area contributed by atoms with Gasteiger partial charge < -0.3 is 15.1 Å². The Bertz CT molecular complexity index is 184. The average molecular weight is 227 g/mol. The molecular weight excluding hydrogens is 198 g/mol. The number of likely N-dealkylation sites (N-methyl/N-ethyl adjacent to an activating group) is 1. The fraction of sp³-hybridized carbons (Fsp3) is 1.00. The van der Waals surface area contributed by atoms with E-state index in [1.54, 1.807) is 0 Å². The van der Waals surface area contributed by atoms with Gasteiger partial charge in [-0.05, 0) is 52.9 Å². The smallest absolute Gasteiger partial charge is 0.0104 e. The van der Waals surface area contributed by atoms with E-state index in [1.165, 1.54) is 25.9 Å². The van der Waals surface area contributed by atoms with Gasteiger partial charge in [0, 0.05) is 25.7 Å². The molecule has 0 aromatic rings. The highest BCUT2D eigenvalue weighted by molar-refractivity contribution is 4.79. The second-order valence-corrected chi connectivity index (χ2v) is 5.30. The van der Waals surface area contributed by atoms with E-state index in [1.807, 2.05) is 0 Å². The maximum absolute atomic E-state index is 3.67. The van der Waals surface area contributed by atoms with Crippen LogP contribution < -0.4 is 5.32 Å². The molecule has 0 bridgehead atoms. The zero-order valence-electron chi connectivity index (χ0n) is 11.5. The minimum Gasteiger partial charge on any atom is -0.313 e. The number of piperidine rings is 1. The zero-order chi connectivity index (χ0) is 12.0. The Labute approximate surface area is 101 Å². The van der Waals surface area contributed by atoms with Crippen LogP contribution in [0, 0.1) is 5.92 Å². The lowest BCUT2D eigenvalue weighted by molar-refractivity contribution is 0.177. The molecule has 1 heterocycles. The molecule has 1 aliphatic rings. The highest BCUT2D eigenvalue weighted by Gasteiger charge is 2.22. The fourth-order valence-corrected chi connectivity index (χ4v) is 2.42. The number of hydrogen-bond acceptors (Lipinski definition) is 3. The molecule has 2 atom stereocenters. The van der Waals surface area contributed by atoms with Crippen LogP contribution in [-0.2, 0) is 0 Å². The fourth-order valence-electron chi connectivity index (χ4n) is 2.42. The Balaban J connectivity index is 2.16. The van der Waals surface area contributed by atoms with Crippen LogP contribution in [0.4, 0.5) is 0 Å². The van der Waals surface area contributed by atoms with Gasteiger partial charge in [-0.2, -0.15) is 0 Å². The van der Waals surface area contributed by atoms with E-state index in [9.17, 15) is 0 Å². The molecule has 0 aromatic carbocycles. The first-order valence-corrected chi connectivity index (χ1v) is 6.74. The highest BCUT2D eigenvalue weighted by atomic mass is 15.1. The third-order valence-electron chi connectivity index (χ3n) is 3.87. The van der Waals surface area contributed by atoms with Crippen molar-refractivity contribution < 1.29 is 0 Å². The lowest BCUT2D eigenvalue weighted by Gasteiger charge is -2.34. The summed E-state index contributed by atoms with van der Waals surface area (Å²) in [6.07, 6.45) is 2.75. The van der Waals surface area contributed by atoms with Gasteiger partial charge in [-0.15, -0.1) is 0 Å². The topological polar surface area (TPSA) is 18.5 Å². The number of hydrogen-bond donors (Lipinski definition) is 1. The van der Waals surface area contributed by atoms with Crippen LogP contribution in [0.1, 0.15) is 26.7 Å². The summed E-state index contributed by atoms with van der Waals surface area (Å²) in [5.41, 5.74) is 0. The minimum absolute atomic E-state index is 0.660. The van der Waals surface area contributed by atoms with E-state index in [4.69, 9.17) is 0 Å². The molecule has 16 heavy (non-hydrogen) atoms. The van der Waals surface area contributed by atoms with Crippen molar-refractivity contribution in [3.63, 3.8) is 0 Å². The first kappa shape index (κ1) is 13.9. The van der Waals surface area contributed by atoms with Crippen molar-refractivity contribution in [1.29, 1.82) is 0 Å². The summed E-state index contributed by atoms with van der Waals surface area (Å²) in [5, 5.41) is 3.67. The molecule has 0 spiro atoms. The quantitative estimate of drug-likeness (QED) is 0.737. The number of nitrogens with one attached hydrogen (secondary N) is 1. The van der Waals surface area contributed by atoms with Crippen molar-refractivity contribution in [2.75, 3.05) is 46.8 Å². The SMILES string of the molecule is CCN(C)CCNC(C)C1CCCN(C)C1. The second kappa shape index (κ2) is 7.25. The van der Waals surface area contributed by atoms with Crippen molar-refractivity contribution in [3.8, 4) is 0 Å². The monoisotopic (exact) mass is 227 g/mol. The van der Waals surface area contributed by atoms with E-state index in [2.05, 4.69) is 43.1 Å². The maximum Gasteiger partial charge on any atom is 0.0104 e. The Morgan fingerprint density at radius 3 is 2.88 bits per heavy atom. The Kier molecular flexibility index (Phi) is 6.32. The summed E-state index contributed by atoms with van der Waals surface area (Å²) in [7, 11) is 4.42. The third-order valence-corrected chi connectivity index (χ3v) is 3.87. The van der Waals surface area contributed by atoms with Crippen LogP contribution in [0.25, 0.3) is 0 Å². The molecule has 1 N–H and O–H groups in total. The molecule has 1 saturated heterocycles. The van der Waals surface area contributed by atoms with Gasteiger partial charge >= 0.3 is 0 Å². The van der Waals surface area contributed by atoms with Crippen molar-refractivity contribution in [3.05, 3.63) is 0 Å². The van der Waals surface area contributed by atoms with Gasteiger partial charge in [-0.3, -0.25) is 0 Å². The average Bonchev–Trinajstić information content (AvgIpc) is 2.28. The van der Waals surface area contributed by atoms with Gasteiger partial charge in [0.05, 0.1) is 0 Å². The predicted octanol–water partition coefficient (Wildman–Crippen LogP) is 1.26. The summed E-state index contributed by atoms with van der Waals surface area (Å²) in [4.78, 5) is 4.82. The first-order chi connectivity index (χ1) is 7.63. The van der Waals surface area contributed by atoms with Crippen LogP contribution in [0.15, 0.2) is 0 Å². The zero-order valence-corrected chi connectivity index (χ0v) is 11.5. The standard InChI is InChI=1S/C13H29N3/c1-5-15(3)10-8-14-12(2)13-7-6-9-16(4)11-13/h12-14H,5-11H2,1-4H3. The molecule has 0 aromatic heterocycles. The Morgan fingerprint density at radius 1 is 1.50 bits per heavy atom. The van der Waals surface area contributed by atoms with Gasteiger partial charge in [-0.25, -0.2) is 0 Å². The van der Waals surface area contributed by atoms with Crippen LogP contribution in [-0.4, -0.2) is 62.7 Å². The Hall–Kier alpha value is -0.120. The van der Waals surface area contributed by atoms with E-state index >= 15 is 0 Å². The summed E-state index contributed by atoms with van der Waals surface area (Å²) < 4.78 is 0. The number of likely N-dealkylation sites (tertiary alicyclic amines) is 1. The molecule has 0 saturated carbocycles. The summed E-state index contributed by atoms with van der Waals surface area (Å²) in [6, 6.07) is 0.660. The number of rotatable bonds is 6. The maximum atomic E-state index is 3.67. The normalized spacial score (nSPS) is 24.9. The molecule has 0 radical (unpaired) electrons. The molecular formula is C13H29N3. The van der Waals surface area contributed by atoms with E-state index in [0.29, 0.717) is 6.04 Å². The van der Waals surface area contributed by atoms with E-state index < -0.39 is 0 Å². The van der Waals surface area contributed by atoms with E-state index in [-0.39, 0.29) is 0 Å². The van der Waals surface area contributed by atoms with Gasteiger partial charge in [0.1, 0.15) is 0 Å². The lowest BCUT2D eigenvalue weighted by Crippen LogP contribution is -2.44. The van der Waals surface area contributed by atoms with Crippen molar-refractivity contribution in [2.24, 2.45) is 5.92 Å². The van der Waals surface area contributed by atoms with Gasteiger partial charge in [0.2, 0.25) is 0 Å². The van der Waals surface area contributed by atoms with Crippen molar-refractivity contribution >= 4 is 0 Å². The minimum atomic E-state index is 0.660. The Morgan fingerprint density at radius 2 is 2.25 bits per heavy atom. The van der Waals surface area contributed by atoms with Crippen LogP contribution in [0.3, 0.4) is 0 Å². The van der Waals surface area contributed by atoms with Gasteiger partial charge in [0.25, 0.3) is 0 Å². The summed E-state index contributed by atoms with van der Waals surface area (Å²) >= 11 is 0. The van der Waals surface area contributed by atoms with Gasteiger partial charge in [0.15, 0.2) is 0 Å². The molecule has 1 aliphatic heterocycles. The summed E-state index contributed by atoms with van der Waals surface area (Å²) in [6.45, 7) is 10.5. The summed E-state index contributed by atoms with van der Waals surface area (Å²) in [5.74, 6) is 0.839. The molecule has 1 rings (SSSR count). The lowest BCUT2D eigenvalue weighted by atomic mass is 9.92. The largest absolute Gasteiger partial charge is 0.313 e. The van der Waals surface area contributed by atoms with E-state index in [0.717, 1.165) is 25.6 Å². The number of nitrogens with zero attached hydrogens (tertiary/aromatic N) is 2. The molecule has 0 aliphatic carbocycles. The van der Waals surface area contributed by atoms with Crippen LogP contribution in [0.5, 0.6) is 0 Å². The molecule has 0 amide bonds.